The molecule has 1 atom stereocenters. The lowest BCUT2D eigenvalue weighted by atomic mass is 9.83. The lowest BCUT2D eigenvalue weighted by molar-refractivity contribution is 0.202. The molecule has 82 valence electrons. The van der Waals surface area contributed by atoms with Gasteiger partial charge in [-0.1, -0.05) is 0 Å². The number of nitrogens with zero attached hydrogens (tertiary/aromatic N) is 3. The van der Waals surface area contributed by atoms with Gasteiger partial charge < -0.3 is 14.9 Å². The second-order valence-electron chi connectivity index (χ2n) is 4.19. The second kappa shape index (κ2) is 4.34. The molecule has 1 aromatic heterocycles. The molecular formula is C9H16BN3O2. The summed E-state index contributed by atoms with van der Waals surface area (Å²) < 4.78 is 1.84. The van der Waals surface area contributed by atoms with E-state index in [2.05, 4.69) is 17.0 Å². The first-order valence-electron chi connectivity index (χ1n) is 5.25. The third-order valence-electron chi connectivity index (χ3n) is 2.89. The van der Waals surface area contributed by atoms with Crippen molar-refractivity contribution in [1.29, 1.82) is 0 Å². The smallest absolute Gasteiger partial charge is 0.423 e. The minimum atomic E-state index is -1.42. The average Bonchev–Trinajstić information content (AvgIpc) is 2.66. The molecule has 0 saturated carbocycles. The molecule has 0 spiro atoms. The van der Waals surface area contributed by atoms with E-state index >= 15 is 0 Å². The van der Waals surface area contributed by atoms with Gasteiger partial charge in [0, 0.05) is 24.4 Å². The Balaban J connectivity index is 2.08. The van der Waals surface area contributed by atoms with Crippen LogP contribution in [-0.2, 0) is 0 Å². The van der Waals surface area contributed by atoms with Crippen LogP contribution in [-0.4, -0.2) is 52.0 Å². The van der Waals surface area contributed by atoms with Crippen LogP contribution in [0.5, 0.6) is 0 Å². The van der Waals surface area contributed by atoms with Crippen molar-refractivity contribution in [1.82, 2.24) is 14.7 Å². The molecule has 0 radical (unpaired) electrons. The fourth-order valence-corrected chi connectivity index (χ4v) is 2.04. The zero-order valence-corrected chi connectivity index (χ0v) is 8.87. The van der Waals surface area contributed by atoms with Gasteiger partial charge in [0.25, 0.3) is 0 Å². The minimum absolute atomic E-state index is 0.358. The maximum absolute atomic E-state index is 8.98. The summed E-state index contributed by atoms with van der Waals surface area (Å²) in [4.78, 5) is 2.27. The monoisotopic (exact) mass is 209 g/mol. The number of likely N-dealkylation sites (tertiary alicyclic amines) is 1. The van der Waals surface area contributed by atoms with Crippen molar-refractivity contribution >= 4 is 12.6 Å². The summed E-state index contributed by atoms with van der Waals surface area (Å²) in [5.41, 5.74) is 0.461. The highest BCUT2D eigenvalue weighted by molar-refractivity contribution is 6.58. The van der Waals surface area contributed by atoms with Gasteiger partial charge in [0.2, 0.25) is 0 Å². The van der Waals surface area contributed by atoms with E-state index in [1.165, 1.54) is 6.20 Å². The van der Waals surface area contributed by atoms with Gasteiger partial charge in [0.1, 0.15) is 0 Å². The quantitative estimate of drug-likeness (QED) is 0.602. The fraction of sp³-hybridized carbons (Fsp3) is 0.667. The van der Waals surface area contributed by atoms with E-state index in [1.807, 2.05) is 4.68 Å². The molecule has 2 N–H and O–H groups in total. The van der Waals surface area contributed by atoms with Crippen molar-refractivity contribution in [2.45, 2.75) is 18.9 Å². The molecule has 1 saturated heterocycles. The van der Waals surface area contributed by atoms with Crippen LogP contribution >= 0.6 is 0 Å². The lowest BCUT2D eigenvalue weighted by Gasteiger charge is -2.29. The summed E-state index contributed by atoms with van der Waals surface area (Å²) in [5.74, 6) is 0. The van der Waals surface area contributed by atoms with E-state index in [0.717, 1.165) is 25.9 Å². The van der Waals surface area contributed by atoms with Crippen LogP contribution in [0, 0.1) is 0 Å². The Kier molecular flexibility index (Phi) is 3.09. The first-order chi connectivity index (χ1) is 7.16. The molecule has 15 heavy (non-hydrogen) atoms. The van der Waals surface area contributed by atoms with Crippen molar-refractivity contribution in [3.05, 3.63) is 12.4 Å². The summed E-state index contributed by atoms with van der Waals surface area (Å²) in [6, 6.07) is 0.358. The topological polar surface area (TPSA) is 61.5 Å². The maximum Gasteiger partial charge on any atom is 0.491 e. The molecule has 2 heterocycles. The first-order valence-corrected chi connectivity index (χ1v) is 5.25. The largest absolute Gasteiger partial charge is 0.491 e. The summed E-state index contributed by atoms with van der Waals surface area (Å²) >= 11 is 0. The highest BCUT2D eigenvalue weighted by atomic mass is 16.4. The average molecular weight is 209 g/mol. The normalized spacial score (nSPS) is 23.0. The van der Waals surface area contributed by atoms with Gasteiger partial charge in [-0.25, -0.2) is 0 Å². The lowest BCUT2D eigenvalue weighted by Crippen LogP contribution is -2.34. The summed E-state index contributed by atoms with van der Waals surface area (Å²) in [5, 5.41) is 22.1. The number of aromatic nitrogens is 2. The fourth-order valence-electron chi connectivity index (χ4n) is 2.04. The molecule has 0 amide bonds. The summed E-state index contributed by atoms with van der Waals surface area (Å²) in [6.07, 6.45) is 5.50. The molecule has 6 heteroatoms. The molecular weight excluding hydrogens is 193 g/mol. The minimum Gasteiger partial charge on any atom is -0.423 e. The van der Waals surface area contributed by atoms with Crippen molar-refractivity contribution in [2.24, 2.45) is 0 Å². The SMILES string of the molecule is CN1CCCC(n2cc(B(O)O)cn2)C1. The molecule has 1 aromatic rings. The van der Waals surface area contributed by atoms with Gasteiger partial charge in [-0.2, -0.15) is 5.10 Å². The van der Waals surface area contributed by atoms with Gasteiger partial charge in [-0.15, -0.1) is 0 Å². The first kappa shape index (κ1) is 10.7. The molecule has 0 aliphatic carbocycles. The van der Waals surface area contributed by atoms with E-state index < -0.39 is 7.12 Å². The van der Waals surface area contributed by atoms with Crippen LogP contribution in [0.3, 0.4) is 0 Å². The van der Waals surface area contributed by atoms with Gasteiger partial charge in [0.05, 0.1) is 6.04 Å². The van der Waals surface area contributed by atoms with Crippen LogP contribution in [0.15, 0.2) is 12.4 Å². The predicted octanol–water partition coefficient (Wildman–Crippen LogP) is -1.17. The van der Waals surface area contributed by atoms with E-state index in [0.29, 0.717) is 11.5 Å². The van der Waals surface area contributed by atoms with Crippen LogP contribution in [0.1, 0.15) is 18.9 Å². The Bertz CT molecular complexity index is 329. The Morgan fingerprint density at radius 3 is 2.93 bits per heavy atom. The van der Waals surface area contributed by atoms with Crippen molar-refractivity contribution in [3.63, 3.8) is 0 Å². The molecule has 1 aliphatic rings. The van der Waals surface area contributed by atoms with Gasteiger partial charge in [-0.05, 0) is 26.4 Å². The van der Waals surface area contributed by atoms with E-state index in [1.54, 1.807) is 6.20 Å². The zero-order chi connectivity index (χ0) is 10.8. The van der Waals surface area contributed by atoms with E-state index in [9.17, 15) is 0 Å². The second-order valence-corrected chi connectivity index (χ2v) is 4.19. The van der Waals surface area contributed by atoms with Crippen LogP contribution in [0.2, 0.25) is 0 Å². The van der Waals surface area contributed by atoms with E-state index in [-0.39, 0.29) is 0 Å². The Labute approximate surface area is 89.5 Å². The number of likely N-dealkylation sites (N-methyl/N-ethyl adjacent to an activating group) is 1. The standard InChI is InChI=1S/C9H16BN3O2/c1-12-4-2-3-9(7-12)13-6-8(5-11-13)10(14)15/h5-6,9,14-15H,2-4,7H2,1H3. The van der Waals surface area contributed by atoms with Crippen molar-refractivity contribution < 1.29 is 10.0 Å². The number of hydrogen-bond acceptors (Lipinski definition) is 4. The molecule has 0 aromatic carbocycles. The molecule has 2 rings (SSSR count). The number of piperidine rings is 1. The third kappa shape index (κ3) is 2.39. The van der Waals surface area contributed by atoms with Gasteiger partial charge >= 0.3 is 7.12 Å². The number of rotatable bonds is 2. The van der Waals surface area contributed by atoms with Crippen molar-refractivity contribution in [2.75, 3.05) is 20.1 Å². The van der Waals surface area contributed by atoms with Gasteiger partial charge in [0.15, 0.2) is 0 Å². The summed E-state index contributed by atoms with van der Waals surface area (Å²) in [7, 11) is 0.678. The van der Waals surface area contributed by atoms with Gasteiger partial charge in [-0.3, -0.25) is 4.68 Å². The summed E-state index contributed by atoms with van der Waals surface area (Å²) in [6.45, 7) is 2.11. The van der Waals surface area contributed by atoms with Crippen molar-refractivity contribution in [3.8, 4) is 0 Å². The van der Waals surface area contributed by atoms with Crippen LogP contribution in [0.25, 0.3) is 0 Å². The zero-order valence-electron chi connectivity index (χ0n) is 8.87. The molecule has 5 nitrogen and oxygen atoms in total. The Morgan fingerprint density at radius 1 is 1.53 bits per heavy atom. The molecule has 1 aliphatic heterocycles. The number of hydrogen-bond donors (Lipinski definition) is 2. The van der Waals surface area contributed by atoms with Crippen LogP contribution in [0.4, 0.5) is 0 Å². The molecule has 1 unspecified atom stereocenters. The predicted molar refractivity (Wildman–Crippen MR) is 57.8 cm³/mol. The Morgan fingerprint density at radius 2 is 2.33 bits per heavy atom. The van der Waals surface area contributed by atoms with E-state index in [4.69, 9.17) is 10.0 Å². The highest BCUT2D eigenvalue weighted by Crippen LogP contribution is 2.18. The van der Waals surface area contributed by atoms with Crippen LogP contribution < -0.4 is 5.46 Å². The highest BCUT2D eigenvalue weighted by Gasteiger charge is 2.21. The Hall–Kier alpha value is -0.845. The third-order valence-corrected chi connectivity index (χ3v) is 2.89. The molecule has 1 fully saturated rings. The molecule has 0 bridgehead atoms. The maximum atomic E-state index is 8.98.